The third-order valence-corrected chi connectivity index (χ3v) is 8.19. The first-order chi connectivity index (χ1) is 12.0. The quantitative estimate of drug-likeness (QED) is 0.619. The number of hydrogen-bond acceptors (Lipinski definition) is 6. The monoisotopic (exact) mass is 353 g/mol. The lowest BCUT2D eigenvalue weighted by atomic mass is 9.30. The van der Waals surface area contributed by atoms with Gasteiger partial charge in [-0.05, 0) is 39.2 Å². The Labute approximate surface area is 149 Å². The van der Waals surface area contributed by atoms with Crippen LogP contribution in [0.2, 0.25) is 0 Å². The fraction of sp³-hybridized carbons (Fsp3) is 1.00. The molecule has 2 spiro atoms. The van der Waals surface area contributed by atoms with Crippen molar-refractivity contribution in [2.75, 3.05) is 20.2 Å². The van der Waals surface area contributed by atoms with Gasteiger partial charge in [0.25, 0.3) is 0 Å². The van der Waals surface area contributed by atoms with Crippen LogP contribution in [0.1, 0.15) is 46.5 Å². The second-order valence-corrected chi connectivity index (χ2v) is 9.09. The molecule has 0 aromatic rings. The van der Waals surface area contributed by atoms with E-state index in [2.05, 4.69) is 19.2 Å². The van der Waals surface area contributed by atoms with E-state index in [0.717, 1.165) is 25.8 Å². The van der Waals surface area contributed by atoms with Crippen LogP contribution < -0.4 is 5.32 Å². The Morgan fingerprint density at radius 1 is 1.16 bits per heavy atom. The molecule has 6 unspecified atom stereocenters. The Bertz CT molecular complexity index is 560. The van der Waals surface area contributed by atoms with Crippen molar-refractivity contribution in [2.45, 2.75) is 70.9 Å². The summed E-state index contributed by atoms with van der Waals surface area (Å²) in [4.78, 5) is 12.0. The number of ether oxygens (including phenoxy) is 3. The molecular formula is C19H31NO5. The molecule has 6 nitrogen and oxygen atoms in total. The summed E-state index contributed by atoms with van der Waals surface area (Å²) in [6.07, 6.45) is 3.98. The molecule has 2 saturated carbocycles. The van der Waals surface area contributed by atoms with E-state index < -0.39 is 5.79 Å². The molecular weight excluding hydrogens is 322 g/mol. The fourth-order valence-corrected chi connectivity index (χ4v) is 6.88. The van der Waals surface area contributed by atoms with E-state index in [4.69, 9.17) is 24.0 Å². The van der Waals surface area contributed by atoms with Crippen molar-refractivity contribution in [3.05, 3.63) is 0 Å². The lowest BCUT2D eigenvalue weighted by molar-refractivity contribution is -0.563. The van der Waals surface area contributed by atoms with E-state index in [1.165, 1.54) is 6.42 Å². The van der Waals surface area contributed by atoms with Gasteiger partial charge >= 0.3 is 0 Å². The predicted octanol–water partition coefficient (Wildman–Crippen LogP) is 2.43. The van der Waals surface area contributed by atoms with E-state index in [9.17, 15) is 0 Å². The number of nitrogens with one attached hydrogen (secondary N) is 1. The zero-order valence-electron chi connectivity index (χ0n) is 15.7. The Kier molecular flexibility index (Phi) is 3.65. The lowest BCUT2D eigenvalue weighted by Gasteiger charge is -2.77. The van der Waals surface area contributed by atoms with Crippen LogP contribution in [0.25, 0.3) is 0 Å². The van der Waals surface area contributed by atoms with Gasteiger partial charge in [-0.15, -0.1) is 0 Å². The maximum absolute atomic E-state index is 6.41. The molecule has 3 saturated heterocycles. The molecule has 142 valence electrons. The van der Waals surface area contributed by atoms with Crippen LogP contribution in [0.4, 0.5) is 0 Å². The van der Waals surface area contributed by atoms with Crippen LogP contribution in [0.5, 0.6) is 0 Å². The van der Waals surface area contributed by atoms with Gasteiger partial charge in [0, 0.05) is 35.6 Å². The average molecular weight is 353 g/mol. The van der Waals surface area contributed by atoms with Crippen LogP contribution in [0.3, 0.4) is 0 Å². The van der Waals surface area contributed by atoms with E-state index in [0.29, 0.717) is 18.4 Å². The van der Waals surface area contributed by atoms with Gasteiger partial charge in [0.15, 0.2) is 12.6 Å². The molecule has 3 heterocycles. The topological polar surface area (TPSA) is 58.2 Å². The van der Waals surface area contributed by atoms with Crippen molar-refractivity contribution in [1.29, 1.82) is 0 Å². The van der Waals surface area contributed by atoms with E-state index in [1.807, 2.05) is 14.0 Å². The highest BCUT2D eigenvalue weighted by atomic mass is 17.2. The summed E-state index contributed by atoms with van der Waals surface area (Å²) < 4.78 is 18.9. The van der Waals surface area contributed by atoms with Crippen molar-refractivity contribution in [1.82, 2.24) is 5.32 Å². The van der Waals surface area contributed by atoms with Gasteiger partial charge in [-0.2, -0.15) is 0 Å². The van der Waals surface area contributed by atoms with Crippen LogP contribution in [0, 0.1) is 28.6 Å². The maximum Gasteiger partial charge on any atom is 0.201 e. The maximum atomic E-state index is 6.41. The van der Waals surface area contributed by atoms with Gasteiger partial charge in [-0.25, -0.2) is 9.78 Å². The van der Waals surface area contributed by atoms with E-state index in [1.54, 1.807) is 0 Å². The zero-order chi connectivity index (χ0) is 17.4. The molecule has 1 N–H and O–H groups in total. The van der Waals surface area contributed by atoms with Crippen molar-refractivity contribution in [3.8, 4) is 0 Å². The van der Waals surface area contributed by atoms with E-state index in [-0.39, 0.29) is 35.4 Å². The van der Waals surface area contributed by atoms with Crippen LogP contribution in [-0.2, 0) is 24.0 Å². The molecule has 3 aliphatic heterocycles. The number of fused-ring (bicyclic) bond motifs is 2. The van der Waals surface area contributed by atoms with Gasteiger partial charge in [0.05, 0.1) is 6.61 Å². The highest BCUT2D eigenvalue weighted by molar-refractivity contribution is 5.26. The summed E-state index contributed by atoms with van der Waals surface area (Å²) in [5.41, 5.74) is 0.173. The van der Waals surface area contributed by atoms with Gasteiger partial charge < -0.3 is 19.5 Å². The molecule has 3 bridgehead atoms. The van der Waals surface area contributed by atoms with Crippen LogP contribution >= 0.6 is 0 Å². The first-order valence-corrected chi connectivity index (χ1v) is 9.92. The van der Waals surface area contributed by atoms with Crippen molar-refractivity contribution >= 4 is 0 Å². The third-order valence-electron chi connectivity index (χ3n) is 8.19. The molecule has 9 atom stereocenters. The minimum Gasteiger partial charge on any atom is -0.351 e. The summed E-state index contributed by atoms with van der Waals surface area (Å²) in [5, 5.41) is 3.13. The highest BCUT2D eigenvalue weighted by Crippen LogP contribution is 2.79. The predicted molar refractivity (Wildman–Crippen MR) is 89.1 cm³/mol. The minimum absolute atomic E-state index is 0.0470. The van der Waals surface area contributed by atoms with Gasteiger partial charge in [0.2, 0.25) is 5.79 Å². The fourth-order valence-electron chi connectivity index (χ4n) is 6.88. The second-order valence-electron chi connectivity index (χ2n) is 9.09. The molecule has 2 aliphatic carbocycles. The molecule has 5 aliphatic rings. The Morgan fingerprint density at radius 2 is 2.00 bits per heavy atom. The molecule has 0 aromatic carbocycles. The smallest absolute Gasteiger partial charge is 0.201 e. The Hall–Kier alpha value is -0.240. The molecule has 5 rings (SSSR count). The normalized spacial score (nSPS) is 59.0. The van der Waals surface area contributed by atoms with Crippen molar-refractivity contribution in [3.63, 3.8) is 0 Å². The minimum atomic E-state index is -0.717. The van der Waals surface area contributed by atoms with Gasteiger partial charge in [0.1, 0.15) is 6.10 Å². The molecule has 0 radical (unpaired) electrons. The highest BCUT2D eigenvalue weighted by Gasteiger charge is 2.83. The summed E-state index contributed by atoms with van der Waals surface area (Å²) in [6.45, 7) is 8.08. The third kappa shape index (κ3) is 1.91. The van der Waals surface area contributed by atoms with Crippen LogP contribution in [0.15, 0.2) is 0 Å². The number of rotatable bonds is 4. The van der Waals surface area contributed by atoms with E-state index >= 15 is 0 Å². The van der Waals surface area contributed by atoms with Crippen molar-refractivity contribution in [2.24, 2.45) is 28.6 Å². The molecule has 0 amide bonds. The summed E-state index contributed by atoms with van der Waals surface area (Å²) in [7, 11) is 1.94. The first-order valence-electron chi connectivity index (χ1n) is 9.92. The molecule has 6 heteroatoms. The lowest BCUT2D eigenvalue weighted by Crippen LogP contribution is -2.82. The Morgan fingerprint density at radius 3 is 2.80 bits per heavy atom. The molecule has 5 fully saturated rings. The summed E-state index contributed by atoms with van der Waals surface area (Å²) in [5.74, 6) is 0.549. The zero-order valence-corrected chi connectivity index (χ0v) is 15.7. The van der Waals surface area contributed by atoms with Crippen molar-refractivity contribution < 1.29 is 24.0 Å². The van der Waals surface area contributed by atoms with Crippen LogP contribution in [-0.4, -0.2) is 44.7 Å². The average Bonchev–Trinajstić information content (AvgIpc) is 2.77. The number of likely N-dealkylation sites (N-methyl/N-ethyl adjacent to an activating group) is 1. The molecule has 0 aromatic heterocycles. The SMILES string of the molecule is CNCCOC1OC2O[C@]3(C)CCC45C(OO3)C(CC[C@H]4C)(C25)[C@H]1C. The largest absolute Gasteiger partial charge is 0.351 e. The number of hydrogen-bond donors (Lipinski definition) is 1. The van der Waals surface area contributed by atoms with Gasteiger partial charge in [-0.3, -0.25) is 0 Å². The molecule has 25 heavy (non-hydrogen) atoms. The standard InChI is InChI=1S/C19H31NO5/c1-11-5-6-19-12(2)14(21-10-9-20-4)22-15-13(19)18(11)8-7-17(3,23-15)25-24-16(18)19/h11-16,20H,5-10H2,1-4H3/t11-,12+,13?,14?,15?,16?,17+,18?,19?/m1/s1. The first kappa shape index (κ1) is 16.9. The summed E-state index contributed by atoms with van der Waals surface area (Å²) in [6, 6.07) is 0. The second kappa shape index (κ2) is 5.40. The van der Waals surface area contributed by atoms with Gasteiger partial charge in [-0.1, -0.05) is 13.8 Å². The summed E-state index contributed by atoms with van der Waals surface area (Å²) >= 11 is 0. The Balaban J connectivity index is 1.54.